The van der Waals surface area contributed by atoms with Crippen LogP contribution in [0.15, 0.2) is 48.5 Å². The lowest BCUT2D eigenvalue weighted by Gasteiger charge is -2.44. The summed E-state index contributed by atoms with van der Waals surface area (Å²) in [5.41, 5.74) is -0.487. The predicted octanol–water partition coefficient (Wildman–Crippen LogP) is 4.17. The molecule has 33 heavy (non-hydrogen) atoms. The molecule has 0 amide bonds. The molecule has 1 saturated heterocycles. The summed E-state index contributed by atoms with van der Waals surface area (Å²) < 4.78 is 56.8. The fourth-order valence-corrected chi connectivity index (χ4v) is 3.97. The topological polar surface area (TPSA) is 63.2 Å². The van der Waals surface area contributed by atoms with Crippen molar-refractivity contribution in [2.24, 2.45) is 0 Å². The van der Waals surface area contributed by atoms with E-state index in [1.165, 1.54) is 0 Å². The Morgan fingerprint density at radius 2 is 1.76 bits per heavy atom. The third kappa shape index (κ3) is 6.74. The Balaban J connectivity index is 1.83. The van der Waals surface area contributed by atoms with E-state index in [9.17, 15) is 13.6 Å². The molecule has 0 saturated carbocycles. The Morgan fingerprint density at radius 1 is 1.00 bits per heavy atom. The highest BCUT2D eigenvalue weighted by Gasteiger charge is 2.48. The van der Waals surface area contributed by atoms with Crippen molar-refractivity contribution in [2.75, 3.05) is 19.8 Å². The van der Waals surface area contributed by atoms with Crippen molar-refractivity contribution in [1.29, 1.82) is 0 Å². The van der Waals surface area contributed by atoms with Gasteiger partial charge < -0.3 is 23.7 Å². The molecule has 1 heterocycles. The molecule has 0 aliphatic carbocycles. The lowest BCUT2D eigenvalue weighted by atomic mass is 9.99. The lowest BCUT2D eigenvalue weighted by Crippen LogP contribution is -2.60. The van der Waals surface area contributed by atoms with Crippen molar-refractivity contribution >= 4 is 18.6 Å². The molecule has 0 spiro atoms. The number of ether oxygens (including phenoxy) is 5. The number of esters is 1. The summed E-state index contributed by atoms with van der Waals surface area (Å²) >= 11 is 4.44. The first kappa shape index (κ1) is 25.6. The molecule has 5 atom stereocenters. The quantitative estimate of drug-likeness (QED) is 0.405. The summed E-state index contributed by atoms with van der Waals surface area (Å²) in [5, 5.41) is 0. The molecular weight excluding hydrogens is 454 g/mol. The van der Waals surface area contributed by atoms with Gasteiger partial charge in [-0.1, -0.05) is 30.3 Å². The van der Waals surface area contributed by atoms with Crippen LogP contribution in [0.4, 0.5) is 8.78 Å². The highest BCUT2D eigenvalue weighted by molar-refractivity contribution is 7.80. The number of hydrogen-bond acceptors (Lipinski definition) is 7. The number of carbonyl (C=O) groups excluding carboxylic acids is 1. The van der Waals surface area contributed by atoms with Crippen molar-refractivity contribution in [3.8, 4) is 0 Å². The van der Waals surface area contributed by atoms with Gasteiger partial charge in [0, 0.05) is 13.2 Å². The molecule has 1 fully saturated rings. The Labute approximate surface area is 197 Å². The maximum atomic E-state index is 14.1. The molecular formula is C24H28F2O6S. The summed E-state index contributed by atoms with van der Waals surface area (Å²) in [7, 11) is 0. The Kier molecular flexibility index (Phi) is 9.64. The van der Waals surface area contributed by atoms with Crippen LogP contribution in [0.3, 0.4) is 0 Å². The van der Waals surface area contributed by atoms with Crippen molar-refractivity contribution in [1.82, 2.24) is 0 Å². The van der Waals surface area contributed by atoms with Crippen LogP contribution in [0, 0.1) is 11.6 Å². The van der Waals surface area contributed by atoms with E-state index in [0.29, 0.717) is 13.2 Å². The van der Waals surface area contributed by atoms with Crippen LogP contribution in [0.2, 0.25) is 0 Å². The average Bonchev–Trinajstić information content (AvgIpc) is 2.81. The van der Waals surface area contributed by atoms with E-state index in [1.807, 2.05) is 37.3 Å². The molecule has 0 N–H and O–H groups in total. The summed E-state index contributed by atoms with van der Waals surface area (Å²) in [4.78, 5) is 12.7. The van der Waals surface area contributed by atoms with Gasteiger partial charge in [0.25, 0.3) is 0 Å². The maximum absolute atomic E-state index is 14.1. The van der Waals surface area contributed by atoms with E-state index >= 15 is 0 Å². The van der Waals surface area contributed by atoms with Crippen LogP contribution in [0.5, 0.6) is 0 Å². The van der Waals surface area contributed by atoms with Gasteiger partial charge in [0.1, 0.15) is 35.4 Å². The van der Waals surface area contributed by atoms with Crippen molar-refractivity contribution in [3.63, 3.8) is 0 Å². The Bertz CT molecular complexity index is 900. The molecule has 0 unspecified atom stereocenters. The van der Waals surface area contributed by atoms with Gasteiger partial charge in [-0.25, -0.2) is 13.6 Å². The molecule has 6 nitrogen and oxygen atoms in total. The van der Waals surface area contributed by atoms with Crippen molar-refractivity contribution in [3.05, 3.63) is 71.3 Å². The smallest absolute Gasteiger partial charge is 0.341 e. The van der Waals surface area contributed by atoms with E-state index in [1.54, 1.807) is 6.92 Å². The summed E-state index contributed by atoms with van der Waals surface area (Å²) in [6.45, 7) is 4.89. The normalized spacial score (nSPS) is 25.1. The van der Waals surface area contributed by atoms with Crippen LogP contribution in [0.1, 0.15) is 29.8 Å². The third-order valence-electron chi connectivity index (χ3n) is 5.13. The van der Waals surface area contributed by atoms with Gasteiger partial charge in [-0.2, -0.15) is 0 Å². The number of benzene rings is 2. The zero-order valence-corrected chi connectivity index (χ0v) is 19.4. The van der Waals surface area contributed by atoms with Crippen molar-refractivity contribution < 1.29 is 37.3 Å². The maximum Gasteiger partial charge on any atom is 0.341 e. The first-order chi connectivity index (χ1) is 15.9. The number of halogens is 2. The highest BCUT2D eigenvalue weighted by Crippen LogP contribution is 2.31. The molecule has 0 radical (unpaired) electrons. The molecule has 3 rings (SSSR count). The Hall–Kier alpha value is -2.04. The van der Waals surface area contributed by atoms with Gasteiger partial charge in [-0.05, 0) is 37.6 Å². The fourth-order valence-electron chi connectivity index (χ4n) is 3.58. The van der Waals surface area contributed by atoms with Crippen LogP contribution >= 0.6 is 12.6 Å². The number of thiol groups is 1. The first-order valence-electron chi connectivity index (χ1n) is 10.8. The summed E-state index contributed by atoms with van der Waals surface area (Å²) in [6.07, 6.45) is -3.04. The van der Waals surface area contributed by atoms with Gasteiger partial charge in [-0.15, -0.1) is 12.6 Å². The van der Waals surface area contributed by atoms with E-state index in [2.05, 4.69) is 12.6 Å². The number of carbonyl (C=O) groups is 1. The van der Waals surface area contributed by atoms with Crippen LogP contribution in [-0.4, -0.2) is 55.6 Å². The van der Waals surface area contributed by atoms with E-state index in [0.717, 1.165) is 23.8 Å². The summed E-state index contributed by atoms with van der Waals surface area (Å²) in [5.74, 6) is -2.70. The standard InChI is InChI=1S/C24H28F2O6S/c1-3-28-14-19-20(30-13-15-8-6-5-7-9-15)21(29-4-2)22(24(33)31-19)32-23(27)17-12-16(25)10-11-18(17)26/h5-12,19-22,24,33H,3-4,13-14H2,1-2H3/t19-,20-,21+,22+,24+/m1/s1. The van der Waals surface area contributed by atoms with Gasteiger partial charge in [0.05, 0.1) is 18.8 Å². The third-order valence-corrected chi connectivity index (χ3v) is 5.55. The van der Waals surface area contributed by atoms with Gasteiger partial charge >= 0.3 is 5.97 Å². The van der Waals surface area contributed by atoms with E-state index in [-0.39, 0.29) is 13.2 Å². The van der Waals surface area contributed by atoms with Crippen molar-refractivity contribution in [2.45, 2.75) is 50.3 Å². The van der Waals surface area contributed by atoms with Gasteiger partial charge in [0.15, 0.2) is 6.10 Å². The second-order valence-corrected chi connectivity index (χ2v) is 7.91. The minimum absolute atomic E-state index is 0.218. The molecule has 0 bridgehead atoms. The Morgan fingerprint density at radius 3 is 2.45 bits per heavy atom. The fraction of sp³-hybridized carbons (Fsp3) is 0.458. The lowest BCUT2D eigenvalue weighted by molar-refractivity contribution is -0.238. The molecule has 2 aromatic carbocycles. The molecule has 9 heteroatoms. The molecule has 2 aromatic rings. The number of hydrogen-bond donors (Lipinski definition) is 1. The number of rotatable bonds is 10. The van der Waals surface area contributed by atoms with E-state index in [4.69, 9.17) is 23.7 Å². The minimum Gasteiger partial charge on any atom is -0.452 e. The van der Waals surface area contributed by atoms with Gasteiger partial charge in [0.2, 0.25) is 0 Å². The zero-order valence-electron chi connectivity index (χ0n) is 18.5. The van der Waals surface area contributed by atoms with Crippen LogP contribution in [-0.2, 0) is 30.3 Å². The monoisotopic (exact) mass is 482 g/mol. The van der Waals surface area contributed by atoms with Crippen LogP contribution in [0.25, 0.3) is 0 Å². The zero-order chi connectivity index (χ0) is 23.8. The first-order valence-corrected chi connectivity index (χ1v) is 11.3. The second-order valence-electron chi connectivity index (χ2n) is 7.40. The predicted molar refractivity (Wildman–Crippen MR) is 120 cm³/mol. The molecule has 1 aliphatic heterocycles. The highest BCUT2D eigenvalue weighted by atomic mass is 32.1. The summed E-state index contributed by atoms with van der Waals surface area (Å²) in [6, 6.07) is 12.1. The molecule has 0 aromatic heterocycles. The van der Waals surface area contributed by atoms with Gasteiger partial charge in [-0.3, -0.25) is 0 Å². The SMILES string of the molecule is CCOC[C@H]1O[C@@H](S)[C@@H](OC(=O)c2cc(F)ccc2F)[C@@H](OCC)[C@@H]1OCc1ccccc1. The largest absolute Gasteiger partial charge is 0.452 e. The van der Waals surface area contributed by atoms with Crippen LogP contribution < -0.4 is 0 Å². The minimum atomic E-state index is -1.05. The molecule has 180 valence electrons. The second kappa shape index (κ2) is 12.4. The average molecular weight is 483 g/mol. The van der Waals surface area contributed by atoms with E-state index < -0.39 is 53.0 Å². The molecule has 1 aliphatic rings.